The van der Waals surface area contributed by atoms with Gasteiger partial charge in [0.05, 0.1) is 24.2 Å². The molecule has 2 heterocycles. The van der Waals surface area contributed by atoms with E-state index in [-0.39, 0.29) is 11.4 Å². The number of carbonyl (C=O) groups excluding carboxylic acids is 1. The highest BCUT2D eigenvalue weighted by Gasteiger charge is 2.45. The van der Waals surface area contributed by atoms with Gasteiger partial charge in [-0.2, -0.15) is 0 Å². The molecule has 3 aromatic rings. The zero-order valence-corrected chi connectivity index (χ0v) is 17.4. The molecule has 1 aliphatic carbocycles. The number of aliphatic hydroxyl groups is 1. The molecule has 6 nitrogen and oxygen atoms in total. The number of hydrogen-bond donors (Lipinski definition) is 2. The second-order valence-electron chi connectivity index (χ2n) is 8.40. The molecular formula is C24H21F2N3O3. The van der Waals surface area contributed by atoms with E-state index in [1.807, 2.05) is 19.1 Å². The number of fused-ring (bicyclic) bond motifs is 1. The molecule has 1 aromatic heterocycles. The van der Waals surface area contributed by atoms with Crippen LogP contribution in [0.1, 0.15) is 53.3 Å². The molecule has 2 aliphatic rings. The molecule has 164 valence electrons. The number of nitrogens with one attached hydrogen (secondary N) is 1. The van der Waals surface area contributed by atoms with Gasteiger partial charge in [0.1, 0.15) is 28.5 Å². The number of benzene rings is 2. The standard InChI is InChI=1S/C24H21F2N3O3/c1-13-8-15-19(30)10-24(6-3-7-24)32-20(15)9-14(13)18-11-28-21(12-27-18)29-23(31)22-16(25)4-2-5-17(22)26/h2,4-5,8-9,11-12,19,30H,3,6-7,10H2,1H3,(H,28,29,31). The molecule has 0 saturated heterocycles. The maximum absolute atomic E-state index is 13.8. The van der Waals surface area contributed by atoms with E-state index < -0.39 is 29.2 Å². The van der Waals surface area contributed by atoms with Crippen LogP contribution >= 0.6 is 0 Å². The molecule has 1 fully saturated rings. The van der Waals surface area contributed by atoms with Crippen LogP contribution in [-0.4, -0.2) is 26.6 Å². The molecule has 1 spiro atoms. The Morgan fingerprint density at radius 1 is 1.19 bits per heavy atom. The largest absolute Gasteiger partial charge is 0.487 e. The molecule has 5 rings (SSSR count). The van der Waals surface area contributed by atoms with Crippen molar-refractivity contribution in [3.63, 3.8) is 0 Å². The third-order valence-electron chi connectivity index (χ3n) is 6.23. The number of hydrogen-bond acceptors (Lipinski definition) is 5. The first-order chi connectivity index (χ1) is 15.3. The number of amides is 1. The summed E-state index contributed by atoms with van der Waals surface area (Å²) in [6.45, 7) is 1.91. The first-order valence-corrected chi connectivity index (χ1v) is 10.4. The third-order valence-corrected chi connectivity index (χ3v) is 6.23. The van der Waals surface area contributed by atoms with Gasteiger partial charge in [-0.15, -0.1) is 0 Å². The number of aryl methyl sites for hydroxylation is 1. The fraction of sp³-hybridized carbons (Fsp3) is 0.292. The Morgan fingerprint density at radius 3 is 2.56 bits per heavy atom. The molecule has 1 aliphatic heterocycles. The van der Waals surface area contributed by atoms with Crippen LogP contribution in [0.3, 0.4) is 0 Å². The lowest BCUT2D eigenvalue weighted by Gasteiger charge is -2.47. The van der Waals surface area contributed by atoms with Gasteiger partial charge in [-0.1, -0.05) is 6.07 Å². The van der Waals surface area contributed by atoms with Crippen molar-refractivity contribution in [3.05, 3.63) is 71.1 Å². The first-order valence-electron chi connectivity index (χ1n) is 10.4. The van der Waals surface area contributed by atoms with Crippen molar-refractivity contribution < 1.29 is 23.4 Å². The number of anilines is 1. The Bertz CT molecular complexity index is 1190. The first kappa shape index (κ1) is 20.5. The average Bonchev–Trinajstić information content (AvgIpc) is 2.73. The van der Waals surface area contributed by atoms with Gasteiger partial charge in [-0.25, -0.2) is 13.8 Å². The van der Waals surface area contributed by atoms with Crippen LogP contribution in [-0.2, 0) is 0 Å². The number of ether oxygens (including phenoxy) is 1. The van der Waals surface area contributed by atoms with E-state index in [2.05, 4.69) is 15.3 Å². The number of halogens is 2. The van der Waals surface area contributed by atoms with E-state index in [9.17, 15) is 18.7 Å². The summed E-state index contributed by atoms with van der Waals surface area (Å²) in [5, 5.41) is 13.0. The zero-order chi connectivity index (χ0) is 22.5. The smallest absolute Gasteiger partial charge is 0.262 e. The van der Waals surface area contributed by atoms with E-state index in [1.165, 1.54) is 18.5 Å². The number of rotatable bonds is 3. The highest BCUT2D eigenvalue weighted by Crippen LogP contribution is 2.50. The van der Waals surface area contributed by atoms with Gasteiger partial charge in [0.25, 0.3) is 5.91 Å². The van der Waals surface area contributed by atoms with Crippen LogP contribution < -0.4 is 10.1 Å². The fourth-order valence-corrected chi connectivity index (χ4v) is 4.37. The normalized spacial score (nSPS) is 18.4. The molecule has 0 radical (unpaired) electrons. The minimum atomic E-state index is -0.955. The molecule has 1 atom stereocenters. The Kier molecular flexibility index (Phi) is 4.89. The summed E-state index contributed by atoms with van der Waals surface area (Å²) in [7, 11) is 0. The summed E-state index contributed by atoms with van der Waals surface area (Å²) >= 11 is 0. The van der Waals surface area contributed by atoms with Crippen molar-refractivity contribution in [1.82, 2.24) is 9.97 Å². The lowest BCUT2D eigenvalue weighted by atomic mass is 9.73. The molecular weight excluding hydrogens is 416 g/mol. The summed E-state index contributed by atoms with van der Waals surface area (Å²) in [6.07, 6.45) is 5.81. The van der Waals surface area contributed by atoms with E-state index in [1.54, 1.807) is 0 Å². The van der Waals surface area contributed by atoms with Crippen LogP contribution in [0.4, 0.5) is 14.6 Å². The summed E-state index contributed by atoms with van der Waals surface area (Å²) in [6, 6.07) is 6.98. The summed E-state index contributed by atoms with van der Waals surface area (Å²) in [4.78, 5) is 20.8. The highest BCUT2D eigenvalue weighted by molar-refractivity contribution is 6.04. The van der Waals surface area contributed by atoms with Crippen molar-refractivity contribution in [2.24, 2.45) is 0 Å². The van der Waals surface area contributed by atoms with Gasteiger partial charge in [0.15, 0.2) is 5.82 Å². The highest BCUT2D eigenvalue weighted by atomic mass is 19.1. The predicted molar refractivity (Wildman–Crippen MR) is 113 cm³/mol. The zero-order valence-electron chi connectivity index (χ0n) is 17.4. The number of aliphatic hydroxyl groups excluding tert-OH is 1. The lowest BCUT2D eigenvalue weighted by Crippen LogP contribution is -2.46. The molecule has 1 amide bonds. The molecule has 1 unspecified atom stereocenters. The van der Waals surface area contributed by atoms with Gasteiger partial charge in [-0.05, 0) is 56.0 Å². The van der Waals surface area contributed by atoms with E-state index >= 15 is 0 Å². The van der Waals surface area contributed by atoms with E-state index in [0.717, 1.165) is 48.1 Å². The van der Waals surface area contributed by atoms with Crippen LogP contribution in [0.5, 0.6) is 5.75 Å². The molecule has 2 N–H and O–H groups in total. The number of nitrogens with zero attached hydrogens (tertiary/aromatic N) is 2. The van der Waals surface area contributed by atoms with Crippen molar-refractivity contribution in [1.29, 1.82) is 0 Å². The van der Waals surface area contributed by atoms with Gasteiger partial charge in [0, 0.05) is 17.5 Å². The molecule has 0 bridgehead atoms. The molecule has 8 heteroatoms. The summed E-state index contributed by atoms with van der Waals surface area (Å²) in [5.74, 6) is -2.14. The Balaban J connectivity index is 1.40. The second kappa shape index (κ2) is 7.63. The second-order valence-corrected chi connectivity index (χ2v) is 8.40. The predicted octanol–water partition coefficient (Wildman–Crippen LogP) is 4.72. The van der Waals surface area contributed by atoms with Crippen LogP contribution in [0, 0.1) is 18.6 Å². The minimum absolute atomic E-state index is 0.0668. The van der Waals surface area contributed by atoms with E-state index in [0.29, 0.717) is 17.9 Å². The number of carbonyl (C=O) groups is 1. The van der Waals surface area contributed by atoms with Crippen molar-refractivity contribution in [2.45, 2.75) is 44.3 Å². The van der Waals surface area contributed by atoms with Crippen LogP contribution in [0.2, 0.25) is 0 Å². The minimum Gasteiger partial charge on any atom is -0.487 e. The summed E-state index contributed by atoms with van der Waals surface area (Å²) < 4.78 is 33.9. The Hall–Kier alpha value is -3.39. The average molecular weight is 437 g/mol. The maximum atomic E-state index is 13.8. The van der Waals surface area contributed by atoms with Gasteiger partial charge >= 0.3 is 0 Å². The van der Waals surface area contributed by atoms with Crippen LogP contribution in [0.25, 0.3) is 11.3 Å². The van der Waals surface area contributed by atoms with Gasteiger partial charge in [0.2, 0.25) is 0 Å². The summed E-state index contributed by atoms with van der Waals surface area (Å²) in [5.41, 5.74) is 2.05. The number of aromatic nitrogens is 2. The fourth-order valence-electron chi connectivity index (χ4n) is 4.37. The molecule has 32 heavy (non-hydrogen) atoms. The van der Waals surface area contributed by atoms with Crippen LogP contribution in [0.15, 0.2) is 42.7 Å². The van der Waals surface area contributed by atoms with Crippen molar-refractivity contribution >= 4 is 11.7 Å². The maximum Gasteiger partial charge on any atom is 0.262 e. The monoisotopic (exact) mass is 437 g/mol. The van der Waals surface area contributed by atoms with Gasteiger partial charge < -0.3 is 15.2 Å². The van der Waals surface area contributed by atoms with Gasteiger partial charge in [-0.3, -0.25) is 9.78 Å². The van der Waals surface area contributed by atoms with Crippen molar-refractivity contribution in [3.8, 4) is 17.0 Å². The van der Waals surface area contributed by atoms with E-state index in [4.69, 9.17) is 4.74 Å². The third kappa shape index (κ3) is 3.50. The SMILES string of the molecule is Cc1cc2c(cc1-c1cnc(NC(=O)c3c(F)cccc3F)cn1)OC1(CCC1)CC2O. The molecule has 1 saturated carbocycles. The Morgan fingerprint density at radius 2 is 1.94 bits per heavy atom. The lowest BCUT2D eigenvalue weighted by molar-refractivity contribution is -0.0663. The Labute approximate surface area is 183 Å². The topological polar surface area (TPSA) is 84.3 Å². The molecule has 2 aromatic carbocycles. The van der Waals surface area contributed by atoms with Crippen molar-refractivity contribution in [2.75, 3.05) is 5.32 Å². The quantitative estimate of drug-likeness (QED) is 0.619.